The number of carboxylic acid groups (broad SMARTS) is 1. The van der Waals surface area contributed by atoms with Gasteiger partial charge in [-0.3, -0.25) is 4.79 Å². The standard InChI is InChI=1S/C15H23NO4/c17-13(5-4-10-6-7-20-9-10)16-8-11-2-1-3-12(11)14(16)15(18)19/h10-12,14H,1-9H2,(H,18,19)/t10-,11-,12-,14+/m1/s1. The summed E-state index contributed by atoms with van der Waals surface area (Å²) in [7, 11) is 0. The summed E-state index contributed by atoms with van der Waals surface area (Å²) >= 11 is 0. The van der Waals surface area contributed by atoms with Gasteiger partial charge in [-0.25, -0.2) is 4.79 Å². The van der Waals surface area contributed by atoms with E-state index in [0.717, 1.165) is 45.3 Å². The van der Waals surface area contributed by atoms with Crippen LogP contribution in [0.2, 0.25) is 0 Å². The molecule has 2 heterocycles. The SMILES string of the molecule is O=C(O)[C@@H]1[C@@H]2CCC[C@@H]2CN1C(=O)CC[C@@H]1CCOC1. The molecule has 5 heteroatoms. The van der Waals surface area contributed by atoms with Gasteiger partial charge in [0.2, 0.25) is 5.91 Å². The van der Waals surface area contributed by atoms with Gasteiger partial charge in [-0.05, 0) is 43.4 Å². The van der Waals surface area contributed by atoms with Crippen LogP contribution >= 0.6 is 0 Å². The number of amides is 1. The zero-order valence-corrected chi connectivity index (χ0v) is 11.8. The van der Waals surface area contributed by atoms with Crippen LogP contribution in [0.1, 0.15) is 38.5 Å². The van der Waals surface area contributed by atoms with Crippen molar-refractivity contribution in [2.75, 3.05) is 19.8 Å². The third kappa shape index (κ3) is 2.55. The molecule has 3 rings (SSSR count). The first-order chi connectivity index (χ1) is 9.66. The highest BCUT2D eigenvalue weighted by molar-refractivity contribution is 5.84. The average Bonchev–Trinajstić information content (AvgIpc) is 3.10. The van der Waals surface area contributed by atoms with Gasteiger partial charge in [-0.2, -0.15) is 0 Å². The van der Waals surface area contributed by atoms with Crippen LogP contribution in [-0.4, -0.2) is 47.7 Å². The number of carboxylic acids is 1. The van der Waals surface area contributed by atoms with Crippen LogP contribution in [0.5, 0.6) is 0 Å². The van der Waals surface area contributed by atoms with Crippen molar-refractivity contribution in [3.05, 3.63) is 0 Å². The predicted molar refractivity (Wildman–Crippen MR) is 72.1 cm³/mol. The number of ether oxygens (including phenoxy) is 1. The molecule has 1 amide bonds. The Morgan fingerprint density at radius 1 is 1.25 bits per heavy atom. The molecule has 0 aromatic carbocycles. The van der Waals surface area contributed by atoms with E-state index in [1.54, 1.807) is 4.90 Å². The minimum atomic E-state index is -0.822. The van der Waals surface area contributed by atoms with Crippen molar-refractivity contribution >= 4 is 11.9 Å². The third-order valence-corrected chi connectivity index (χ3v) is 5.25. The van der Waals surface area contributed by atoms with Crippen LogP contribution in [0, 0.1) is 17.8 Å². The lowest BCUT2D eigenvalue weighted by atomic mass is 9.94. The Kier molecular flexibility index (Phi) is 3.96. The molecule has 0 aromatic rings. The van der Waals surface area contributed by atoms with Gasteiger partial charge in [0.1, 0.15) is 6.04 Å². The van der Waals surface area contributed by atoms with Crippen LogP contribution in [0.25, 0.3) is 0 Å². The van der Waals surface area contributed by atoms with Gasteiger partial charge < -0.3 is 14.7 Å². The van der Waals surface area contributed by atoms with E-state index in [0.29, 0.717) is 24.8 Å². The molecular formula is C15H23NO4. The first-order valence-corrected chi connectivity index (χ1v) is 7.77. The summed E-state index contributed by atoms with van der Waals surface area (Å²) in [5.74, 6) is 0.279. The third-order valence-electron chi connectivity index (χ3n) is 5.25. The molecule has 3 aliphatic rings. The van der Waals surface area contributed by atoms with Gasteiger partial charge in [-0.1, -0.05) is 6.42 Å². The van der Waals surface area contributed by atoms with E-state index in [-0.39, 0.29) is 11.8 Å². The zero-order valence-electron chi connectivity index (χ0n) is 11.8. The van der Waals surface area contributed by atoms with Crippen LogP contribution in [0.3, 0.4) is 0 Å². The first-order valence-electron chi connectivity index (χ1n) is 7.77. The Labute approximate surface area is 119 Å². The van der Waals surface area contributed by atoms with Gasteiger partial charge in [0.05, 0.1) is 0 Å². The fourth-order valence-corrected chi connectivity index (χ4v) is 4.16. The van der Waals surface area contributed by atoms with Crippen molar-refractivity contribution in [1.29, 1.82) is 0 Å². The number of carbonyl (C=O) groups excluding carboxylic acids is 1. The fourth-order valence-electron chi connectivity index (χ4n) is 4.16. The number of aliphatic carboxylic acids is 1. The molecule has 0 unspecified atom stereocenters. The van der Waals surface area contributed by atoms with Gasteiger partial charge in [-0.15, -0.1) is 0 Å². The van der Waals surface area contributed by atoms with Crippen LogP contribution in [0.4, 0.5) is 0 Å². The summed E-state index contributed by atoms with van der Waals surface area (Å²) < 4.78 is 5.32. The molecular weight excluding hydrogens is 258 g/mol. The Balaban J connectivity index is 1.59. The summed E-state index contributed by atoms with van der Waals surface area (Å²) in [5.41, 5.74) is 0. The fraction of sp³-hybridized carbons (Fsp3) is 0.867. The Bertz CT molecular complexity index is 391. The van der Waals surface area contributed by atoms with Crippen molar-refractivity contribution in [3.8, 4) is 0 Å². The van der Waals surface area contributed by atoms with E-state index < -0.39 is 12.0 Å². The normalized spacial score (nSPS) is 36.3. The highest BCUT2D eigenvalue weighted by Crippen LogP contribution is 2.42. The van der Waals surface area contributed by atoms with Crippen LogP contribution < -0.4 is 0 Å². The lowest BCUT2D eigenvalue weighted by Gasteiger charge is -2.24. The maximum absolute atomic E-state index is 12.4. The van der Waals surface area contributed by atoms with E-state index in [4.69, 9.17) is 4.74 Å². The lowest BCUT2D eigenvalue weighted by Crippen LogP contribution is -2.43. The number of rotatable bonds is 4. The molecule has 2 saturated heterocycles. The summed E-state index contributed by atoms with van der Waals surface area (Å²) in [4.78, 5) is 25.5. The molecule has 0 radical (unpaired) electrons. The average molecular weight is 281 g/mol. The maximum atomic E-state index is 12.4. The minimum absolute atomic E-state index is 0.0266. The first kappa shape index (κ1) is 13.9. The minimum Gasteiger partial charge on any atom is -0.480 e. The molecule has 1 saturated carbocycles. The summed E-state index contributed by atoms with van der Waals surface area (Å²) in [5, 5.41) is 9.45. The van der Waals surface area contributed by atoms with Crippen molar-refractivity contribution in [2.45, 2.75) is 44.6 Å². The second-order valence-electron chi connectivity index (χ2n) is 6.45. The molecule has 2 aliphatic heterocycles. The summed E-state index contributed by atoms with van der Waals surface area (Å²) in [6, 6.07) is -0.574. The number of carbonyl (C=O) groups is 2. The van der Waals surface area contributed by atoms with E-state index in [1.807, 2.05) is 0 Å². The number of hydrogen-bond acceptors (Lipinski definition) is 3. The van der Waals surface area contributed by atoms with Crippen molar-refractivity contribution in [1.82, 2.24) is 4.90 Å². The van der Waals surface area contributed by atoms with Crippen LogP contribution in [0.15, 0.2) is 0 Å². The monoisotopic (exact) mass is 281 g/mol. The Hall–Kier alpha value is -1.10. The van der Waals surface area contributed by atoms with Gasteiger partial charge in [0.25, 0.3) is 0 Å². The smallest absolute Gasteiger partial charge is 0.326 e. The number of fused-ring (bicyclic) bond motifs is 1. The van der Waals surface area contributed by atoms with E-state index in [1.165, 1.54) is 0 Å². The summed E-state index contributed by atoms with van der Waals surface area (Å²) in [6.45, 7) is 2.20. The summed E-state index contributed by atoms with van der Waals surface area (Å²) in [6.07, 6.45) is 5.48. The largest absolute Gasteiger partial charge is 0.480 e. The molecule has 1 aliphatic carbocycles. The molecule has 5 nitrogen and oxygen atoms in total. The number of nitrogens with zero attached hydrogens (tertiary/aromatic N) is 1. The number of likely N-dealkylation sites (tertiary alicyclic amines) is 1. The molecule has 4 atom stereocenters. The molecule has 112 valence electrons. The zero-order chi connectivity index (χ0) is 14.1. The second-order valence-corrected chi connectivity index (χ2v) is 6.45. The van der Waals surface area contributed by atoms with Gasteiger partial charge in [0.15, 0.2) is 0 Å². The van der Waals surface area contributed by atoms with E-state index in [9.17, 15) is 14.7 Å². The van der Waals surface area contributed by atoms with E-state index in [2.05, 4.69) is 0 Å². The Morgan fingerprint density at radius 2 is 2.10 bits per heavy atom. The van der Waals surface area contributed by atoms with Crippen molar-refractivity contribution in [3.63, 3.8) is 0 Å². The van der Waals surface area contributed by atoms with Gasteiger partial charge in [0, 0.05) is 26.2 Å². The molecule has 0 spiro atoms. The topological polar surface area (TPSA) is 66.8 Å². The number of hydrogen-bond donors (Lipinski definition) is 1. The van der Waals surface area contributed by atoms with E-state index >= 15 is 0 Å². The molecule has 1 N–H and O–H groups in total. The molecule has 3 fully saturated rings. The lowest BCUT2D eigenvalue weighted by molar-refractivity contribution is -0.149. The predicted octanol–water partition coefficient (Wildman–Crippen LogP) is 1.51. The van der Waals surface area contributed by atoms with Crippen molar-refractivity contribution in [2.24, 2.45) is 17.8 Å². The quantitative estimate of drug-likeness (QED) is 0.848. The molecule has 20 heavy (non-hydrogen) atoms. The highest BCUT2D eigenvalue weighted by atomic mass is 16.5. The van der Waals surface area contributed by atoms with Crippen molar-refractivity contribution < 1.29 is 19.4 Å². The second kappa shape index (κ2) is 5.72. The highest BCUT2D eigenvalue weighted by Gasteiger charge is 2.49. The van der Waals surface area contributed by atoms with Gasteiger partial charge >= 0.3 is 5.97 Å². The van der Waals surface area contributed by atoms with Crippen LogP contribution in [-0.2, 0) is 14.3 Å². The molecule has 0 bridgehead atoms. The maximum Gasteiger partial charge on any atom is 0.326 e. The Morgan fingerprint density at radius 3 is 2.80 bits per heavy atom. The molecule has 0 aromatic heterocycles.